The number of benzene rings is 1. The zero-order valence-electron chi connectivity index (χ0n) is 11.9. The lowest BCUT2D eigenvalue weighted by Crippen LogP contribution is -2.27. The van der Waals surface area contributed by atoms with Gasteiger partial charge in [0, 0.05) is 17.6 Å². The number of nitrogens with one attached hydrogen (secondary N) is 1. The summed E-state index contributed by atoms with van der Waals surface area (Å²) >= 11 is 1.67. The molecule has 0 radical (unpaired) electrons. The number of thiazole rings is 1. The molecule has 1 aliphatic rings. The fourth-order valence-corrected chi connectivity index (χ4v) is 3.40. The van der Waals surface area contributed by atoms with Gasteiger partial charge in [-0.15, -0.1) is 11.3 Å². The van der Waals surface area contributed by atoms with Gasteiger partial charge in [0.15, 0.2) is 0 Å². The van der Waals surface area contributed by atoms with Crippen molar-refractivity contribution in [1.82, 2.24) is 10.3 Å². The average molecular weight is 306 g/mol. The van der Waals surface area contributed by atoms with E-state index in [0.29, 0.717) is 12.5 Å². The highest BCUT2D eigenvalue weighted by atomic mass is 32.1. The molecule has 3 nitrogen and oxygen atoms in total. The molecule has 1 aliphatic carbocycles. The number of aromatic nitrogens is 1. The quantitative estimate of drug-likeness (QED) is 0.860. The number of aliphatic hydroxyl groups excluding tert-OH is 1. The molecule has 1 fully saturated rings. The third-order valence-electron chi connectivity index (χ3n) is 3.78. The normalized spacial score (nSPS) is 17.7. The third-order valence-corrected chi connectivity index (χ3v) is 4.83. The van der Waals surface area contributed by atoms with E-state index in [1.54, 1.807) is 23.5 Å². The van der Waals surface area contributed by atoms with Gasteiger partial charge in [0.1, 0.15) is 10.8 Å². The Morgan fingerprint density at radius 1 is 1.38 bits per heavy atom. The van der Waals surface area contributed by atoms with Gasteiger partial charge < -0.3 is 10.4 Å². The van der Waals surface area contributed by atoms with Crippen molar-refractivity contribution in [3.8, 4) is 0 Å². The van der Waals surface area contributed by atoms with Crippen LogP contribution in [0.1, 0.15) is 41.3 Å². The van der Waals surface area contributed by atoms with Gasteiger partial charge >= 0.3 is 0 Å². The first-order chi connectivity index (χ1) is 10.1. The lowest BCUT2D eigenvalue weighted by Gasteiger charge is -2.19. The van der Waals surface area contributed by atoms with E-state index >= 15 is 0 Å². The Kier molecular flexibility index (Phi) is 4.33. The average Bonchev–Trinajstić information content (AvgIpc) is 3.22. The van der Waals surface area contributed by atoms with Crippen LogP contribution in [-0.2, 0) is 0 Å². The van der Waals surface area contributed by atoms with E-state index in [-0.39, 0.29) is 11.9 Å². The molecule has 2 aromatic rings. The van der Waals surface area contributed by atoms with Crippen LogP contribution in [0.2, 0.25) is 0 Å². The Labute approximate surface area is 127 Å². The standard InChI is InChI=1S/C16H19FN2OS/c1-10-9-21-16(19-10)15(12-2-3-12)18-8-14(20)11-4-6-13(17)7-5-11/h4-7,9,12,14-15,18,20H,2-3,8H2,1H3/t14-,15+/m1/s1. The molecular formula is C16H19FN2OS. The SMILES string of the molecule is Cc1csc([C@@H](NC[C@@H](O)c2ccc(F)cc2)C2CC2)n1. The lowest BCUT2D eigenvalue weighted by atomic mass is 10.1. The predicted molar refractivity (Wildman–Crippen MR) is 81.7 cm³/mol. The lowest BCUT2D eigenvalue weighted by molar-refractivity contribution is 0.168. The fourth-order valence-electron chi connectivity index (χ4n) is 2.44. The van der Waals surface area contributed by atoms with Crippen LogP contribution < -0.4 is 5.32 Å². The molecule has 5 heteroatoms. The van der Waals surface area contributed by atoms with E-state index in [9.17, 15) is 9.50 Å². The van der Waals surface area contributed by atoms with E-state index in [1.165, 1.54) is 25.0 Å². The van der Waals surface area contributed by atoms with Gasteiger partial charge in [0.2, 0.25) is 0 Å². The van der Waals surface area contributed by atoms with Crippen LogP contribution in [0, 0.1) is 18.7 Å². The minimum atomic E-state index is -0.632. The van der Waals surface area contributed by atoms with Crippen molar-refractivity contribution in [3.63, 3.8) is 0 Å². The molecule has 2 atom stereocenters. The maximum Gasteiger partial charge on any atom is 0.123 e. The maximum absolute atomic E-state index is 12.9. The van der Waals surface area contributed by atoms with Crippen LogP contribution in [-0.4, -0.2) is 16.6 Å². The van der Waals surface area contributed by atoms with Crippen LogP contribution >= 0.6 is 11.3 Å². The van der Waals surface area contributed by atoms with E-state index in [4.69, 9.17) is 0 Å². The van der Waals surface area contributed by atoms with Crippen LogP contribution in [0.5, 0.6) is 0 Å². The van der Waals surface area contributed by atoms with Crippen molar-refractivity contribution in [2.75, 3.05) is 6.54 Å². The molecule has 112 valence electrons. The molecule has 2 N–H and O–H groups in total. The molecule has 3 rings (SSSR count). The zero-order valence-corrected chi connectivity index (χ0v) is 12.7. The first-order valence-corrected chi connectivity index (χ1v) is 8.10. The van der Waals surface area contributed by atoms with Gasteiger partial charge in [-0.2, -0.15) is 0 Å². The Balaban J connectivity index is 1.63. The van der Waals surface area contributed by atoms with Crippen LogP contribution in [0.25, 0.3) is 0 Å². The van der Waals surface area contributed by atoms with Crippen molar-refractivity contribution >= 4 is 11.3 Å². The molecule has 1 aromatic heterocycles. The minimum Gasteiger partial charge on any atom is -0.387 e. The van der Waals surface area contributed by atoms with Crippen molar-refractivity contribution in [2.24, 2.45) is 5.92 Å². The highest BCUT2D eigenvalue weighted by Gasteiger charge is 2.34. The summed E-state index contributed by atoms with van der Waals surface area (Å²) < 4.78 is 12.9. The monoisotopic (exact) mass is 306 g/mol. The highest BCUT2D eigenvalue weighted by Crippen LogP contribution is 2.42. The predicted octanol–water partition coefficient (Wildman–Crippen LogP) is 3.36. The number of hydrogen-bond acceptors (Lipinski definition) is 4. The van der Waals surface area contributed by atoms with Gasteiger partial charge in [-0.1, -0.05) is 12.1 Å². The number of hydrogen-bond donors (Lipinski definition) is 2. The largest absolute Gasteiger partial charge is 0.387 e. The Morgan fingerprint density at radius 3 is 2.67 bits per heavy atom. The summed E-state index contributed by atoms with van der Waals surface area (Å²) in [5.74, 6) is 0.337. The summed E-state index contributed by atoms with van der Waals surface area (Å²) in [6, 6.07) is 6.23. The zero-order chi connectivity index (χ0) is 14.8. The second kappa shape index (κ2) is 6.22. The summed E-state index contributed by atoms with van der Waals surface area (Å²) in [4.78, 5) is 4.56. The number of aliphatic hydroxyl groups is 1. The molecule has 0 unspecified atom stereocenters. The van der Waals surface area contributed by atoms with Crippen LogP contribution in [0.3, 0.4) is 0 Å². The van der Waals surface area contributed by atoms with Gasteiger partial charge in [-0.3, -0.25) is 0 Å². The molecule has 21 heavy (non-hydrogen) atoms. The van der Waals surface area contributed by atoms with Gasteiger partial charge in [0.25, 0.3) is 0 Å². The van der Waals surface area contributed by atoms with Gasteiger partial charge in [-0.05, 0) is 43.4 Å². The molecule has 0 aliphatic heterocycles. The van der Waals surface area contributed by atoms with Gasteiger partial charge in [0.05, 0.1) is 12.1 Å². The number of halogens is 1. The van der Waals surface area contributed by atoms with Crippen molar-refractivity contribution in [3.05, 3.63) is 51.7 Å². The molecule has 0 bridgehead atoms. The van der Waals surface area contributed by atoms with E-state index < -0.39 is 6.10 Å². The Bertz CT molecular complexity index is 595. The molecule has 0 spiro atoms. The number of rotatable bonds is 6. The van der Waals surface area contributed by atoms with Gasteiger partial charge in [-0.25, -0.2) is 9.37 Å². The Hall–Kier alpha value is -1.30. The minimum absolute atomic E-state index is 0.221. The number of aryl methyl sites for hydroxylation is 1. The van der Waals surface area contributed by atoms with E-state index in [0.717, 1.165) is 16.3 Å². The molecule has 1 aromatic carbocycles. The number of nitrogens with zero attached hydrogens (tertiary/aromatic N) is 1. The highest BCUT2D eigenvalue weighted by molar-refractivity contribution is 7.09. The Morgan fingerprint density at radius 2 is 2.10 bits per heavy atom. The second-order valence-corrected chi connectivity index (χ2v) is 6.51. The summed E-state index contributed by atoms with van der Waals surface area (Å²) in [5, 5.41) is 16.8. The summed E-state index contributed by atoms with van der Waals surface area (Å²) in [6.07, 6.45) is 1.79. The fraction of sp³-hybridized carbons (Fsp3) is 0.438. The molecule has 1 heterocycles. The maximum atomic E-state index is 12.9. The smallest absolute Gasteiger partial charge is 0.123 e. The van der Waals surface area contributed by atoms with Crippen molar-refractivity contribution in [1.29, 1.82) is 0 Å². The molecular weight excluding hydrogens is 287 g/mol. The van der Waals surface area contributed by atoms with E-state index in [2.05, 4.69) is 15.7 Å². The molecule has 0 amide bonds. The van der Waals surface area contributed by atoms with Crippen molar-refractivity contribution < 1.29 is 9.50 Å². The van der Waals surface area contributed by atoms with Crippen LogP contribution in [0.15, 0.2) is 29.6 Å². The van der Waals surface area contributed by atoms with E-state index in [1.807, 2.05) is 6.92 Å². The van der Waals surface area contributed by atoms with Crippen molar-refractivity contribution in [2.45, 2.75) is 31.9 Å². The summed E-state index contributed by atoms with van der Waals surface area (Å²) in [5.41, 5.74) is 1.77. The summed E-state index contributed by atoms with van der Waals surface area (Å²) in [6.45, 7) is 2.45. The molecule has 1 saturated carbocycles. The third kappa shape index (κ3) is 3.67. The topological polar surface area (TPSA) is 45.1 Å². The first-order valence-electron chi connectivity index (χ1n) is 7.22. The first kappa shape index (κ1) is 14.6. The summed E-state index contributed by atoms with van der Waals surface area (Å²) in [7, 11) is 0. The van der Waals surface area contributed by atoms with Crippen LogP contribution in [0.4, 0.5) is 4.39 Å². The molecule has 0 saturated heterocycles. The second-order valence-electron chi connectivity index (χ2n) is 5.62.